The lowest BCUT2D eigenvalue weighted by Gasteiger charge is -2.05. The normalized spacial score (nSPS) is 10.6. The van der Waals surface area contributed by atoms with Gasteiger partial charge in [0.1, 0.15) is 5.82 Å². The van der Waals surface area contributed by atoms with Gasteiger partial charge in [-0.2, -0.15) is 0 Å². The molecule has 1 rings (SSSR count). The van der Waals surface area contributed by atoms with Gasteiger partial charge in [0.25, 0.3) is 0 Å². The van der Waals surface area contributed by atoms with E-state index in [9.17, 15) is 4.39 Å². The smallest absolute Gasteiger partial charge is 0.123 e. The van der Waals surface area contributed by atoms with Gasteiger partial charge in [0.05, 0.1) is 19.8 Å². The van der Waals surface area contributed by atoms with Crippen molar-refractivity contribution < 1.29 is 14.2 Å². The fourth-order valence-electron chi connectivity index (χ4n) is 1.36. The molecule has 0 unspecified atom stereocenters. The highest BCUT2D eigenvalue weighted by Crippen LogP contribution is 2.03. The summed E-state index contributed by atoms with van der Waals surface area (Å²) in [6, 6.07) is 6.62. The maximum atomic E-state index is 12.8. The maximum Gasteiger partial charge on any atom is 0.123 e. The van der Waals surface area contributed by atoms with Crippen LogP contribution in [-0.4, -0.2) is 38.0 Å². The highest BCUT2D eigenvalue weighted by atomic mass is 19.1. The van der Waals surface area contributed by atoms with Crippen molar-refractivity contribution in [2.75, 3.05) is 32.9 Å². The molecule has 3 nitrogen and oxygen atoms in total. The Balaban J connectivity index is 2.03. The number of ether oxygens (including phenoxy) is 1. The van der Waals surface area contributed by atoms with Crippen LogP contribution in [0.2, 0.25) is 0 Å². The molecule has 0 saturated heterocycles. The van der Waals surface area contributed by atoms with Gasteiger partial charge in [-0.25, -0.2) is 4.39 Å². The van der Waals surface area contributed by atoms with E-state index in [0.717, 1.165) is 25.1 Å². The van der Waals surface area contributed by atoms with E-state index in [1.165, 1.54) is 6.07 Å². The first-order valence-corrected chi connectivity index (χ1v) is 5.46. The molecule has 0 aliphatic rings. The Morgan fingerprint density at radius 2 is 2.12 bits per heavy atom. The van der Waals surface area contributed by atoms with Crippen LogP contribution in [-0.2, 0) is 11.2 Å². The third-order valence-electron chi connectivity index (χ3n) is 2.14. The van der Waals surface area contributed by atoms with E-state index < -0.39 is 0 Å². The molecule has 0 saturated carbocycles. The summed E-state index contributed by atoms with van der Waals surface area (Å²) in [6.07, 6.45) is 0.803. The average molecular weight is 227 g/mol. The molecule has 0 spiro atoms. The molecule has 0 atom stereocenters. The number of nitrogens with one attached hydrogen (secondary N) is 1. The van der Waals surface area contributed by atoms with E-state index >= 15 is 0 Å². The molecule has 90 valence electrons. The van der Waals surface area contributed by atoms with Gasteiger partial charge in [-0.1, -0.05) is 12.1 Å². The van der Waals surface area contributed by atoms with Crippen molar-refractivity contribution in [3.8, 4) is 0 Å². The first kappa shape index (κ1) is 13.1. The van der Waals surface area contributed by atoms with Crippen molar-refractivity contribution in [2.24, 2.45) is 0 Å². The monoisotopic (exact) mass is 227 g/mol. The summed E-state index contributed by atoms with van der Waals surface area (Å²) >= 11 is 0. The highest BCUT2D eigenvalue weighted by Gasteiger charge is 1.95. The van der Waals surface area contributed by atoms with Crippen LogP contribution in [0.3, 0.4) is 0 Å². The van der Waals surface area contributed by atoms with Crippen LogP contribution in [0.5, 0.6) is 0 Å². The molecule has 0 amide bonds. The van der Waals surface area contributed by atoms with E-state index in [-0.39, 0.29) is 12.4 Å². The molecule has 1 aromatic carbocycles. The zero-order chi connectivity index (χ0) is 11.6. The van der Waals surface area contributed by atoms with E-state index in [0.29, 0.717) is 13.2 Å². The van der Waals surface area contributed by atoms with Crippen molar-refractivity contribution in [1.29, 1.82) is 0 Å². The second kappa shape index (κ2) is 8.21. The Bertz CT molecular complexity index is 294. The minimum absolute atomic E-state index is 0.0588. The Morgan fingerprint density at radius 3 is 2.88 bits per heavy atom. The third-order valence-corrected chi connectivity index (χ3v) is 2.14. The topological polar surface area (TPSA) is 41.5 Å². The largest absolute Gasteiger partial charge is 0.394 e. The van der Waals surface area contributed by atoms with Crippen molar-refractivity contribution >= 4 is 0 Å². The standard InChI is InChI=1S/C12H18FNO2/c13-12-3-1-2-11(10-12)4-5-14-6-8-16-9-7-15/h1-3,10,14-15H,4-9H2. The SMILES string of the molecule is OCCOCCNCCc1cccc(F)c1. The Morgan fingerprint density at radius 1 is 1.25 bits per heavy atom. The Kier molecular flexibility index (Phi) is 6.72. The van der Waals surface area contributed by atoms with Crippen LogP contribution in [0.1, 0.15) is 5.56 Å². The predicted molar refractivity (Wildman–Crippen MR) is 60.9 cm³/mol. The second-order valence-electron chi connectivity index (χ2n) is 3.47. The highest BCUT2D eigenvalue weighted by molar-refractivity contribution is 5.16. The van der Waals surface area contributed by atoms with E-state index in [2.05, 4.69) is 5.32 Å². The molecule has 16 heavy (non-hydrogen) atoms. The van der Waals surface area contributed by atoms with Gasteiger partial charge >= 0.3 is 0 Å². The summed E-state index contributed by atoms with van der Waals surface area (Å²) in [5.74, 6) is -0.191. The number of halogens is 1. The van der Waals surface area contributed by atoms with Gasteiger partial charge in [0, 0.05) is 6.54 Å². The molecule has 4 heteroatoms. The van der Waals surface area contributed by atoms with E-state index in [1.807, 2.05) is 6.07 Å². The molecule has 0 aliphatic heterocycles. The molecule has 1 aromatic rings. The number of hydrogen-bond donors (Lipinski definition) is 2. The first-order chi connectivity index (χ1) is 7.83. The average Bonchev–Trinajstić information content (AvgIpc) is 2.28. The quantitative estimate of drug-likeness (QED) is 0.650. The van der Waals surface area contributed by atoms with Crippen molar-refractivity contribution in [2.45, 2.75) is 6.42 Å². The fourth-order valence-corrected chi connectivity index (χ4v) is 1.36. The summed E-state index contributed by atoms with van der Waals surface area (Å²) in [4.78, 5) is 0. The minimum Gasteiger partial charge on any atom is -0.394 e. The first-order valence-electron chi connectivity index (χ1n) is 5.46. The van der Waals surface area contributed by atoms with E-state index in [1.54, 1.807) is 12.1 Å². The minimum atomic E-state index is -0.191. The maximum absolute atomic E-state index is 12.8. The zero-order valence-electron chi connectivity index (χ0n) is 9.29. The molecule has 0 radical (unpaired) electrons. The third kappa shape index (κ3) is 5.80. The molecule has 0 aliphatic carbocycles. The lowest BCUT2D eigenvalue weighted by atomic mass is 10.1. The molecular weight excluding hydrogens is 209 g/mol. The van der Waals surface area contributed by atoms with Gasteiger partial charge in [-0.05, 0) is 30.7 Å². The zero-order valence-corrected chi connectivity index (χ0v) is 9.29. The van der Waals surface area contributed by atoms with Crippen LogP contribution < -0.4 is 5.32 Å². The summed E-state index contributed by atoms with van der Waals surface area (Å²) in [6.45, 7) is 2.57. The fraction of sp³-hybridized carbons (Fsp3) is 0.500. The molecule has 0 fully saturated rings. The van der Waals surface area contributed by atoms with Crippen molar-refractivity contribution in [1.82, 2.24) is 5.32 Å². The summed E-state index contributed by atoms with van der Waals surface area (Å²) in [5, 5.41) is 11.6. The number of rotatable bonds is 8. The van der Waals surface area contributed by atoms with E-state index in [4.69, 9.17) is 9.84 Å². The summed E-state index contributed by atoms with van der Waals surface area (Å²) < 4.78 is 17.9. The lowest BCUT2D eigenvalue weighted by molar-refractivity contribution is 0.0940. The van der Waals surface area contributed by atoms with Gasteiger partial charge in [0.2, 0.25) is 0 Å². The molecule has 0 aromatic heterocycles. The van der Waals surface area contributed by atoms with Crippen molar-refractivity contribution in [3.63, 3.8) is 0 Å². The van der Waals surface area contributed by atoms with Crippen LogP contribution >= 0.6 is 0 Å². The summed E-state index contributed by atoms with van der Waals surface area (Å²) in [7, 11) is 0. The lowest BCUT2D eigenvalue weighted by Crippen LogP contribution is -2.22. The molecule has 0 heterocycles. The molecule has 0 bridgehead atoms. The van der Waals surface area contributed by atoms with Crippen LogP contribution in [0.4, 0.5) is 4.39 Å². The van der Waals surface area contributed by atoms with Gasteiger partial charge < -0.3 is 15.2 Å². The summed E-state index contributed by atoms with van der Waals surface area (Å²) in [5.41, 5.74) is 0.990. The number of aliphatic hydroxyl groups excluding tert-OH is 1. The Labute approximate surface area is 95.2 Å². The number of benzene rings is 1. The van der Waals surface area contributed by atoms with Crippen LogP contribution in [0.25, 0.3) is 0 Å². The number of hydrogen-bond acceptors (Lipinski definition) is 3. The molecular formula is C12H18FNO2. The van der Waals surface area contributed by atoms with Gasteiger partial charge in [0.15, 0.2) is 0 Å². The Hall–Kier alpha value is -0.970. The molecule has 2 N–H and O–H groups in total. The second-order valence-corrected chi connectivity index (χ2v) is 3.47. The van der Waals surface area contributed by atoms with Crippen molar-refractivity contribution in [3.05, 3.63) is 35.6 Å². The van der Waals surface area contributed by atoms with Crippen LogP contribution in [0.15, 0.2) is 24.3 Å². The predicted octanol–water partition coefficient (Wildman–Crippen LogP) is 0.967. The number of aliphatic hydroxyl groups is 1. The van der Waals surface area contributed by atoms with Gasteiger partial charge in [-0.3, -0.25) is 0 Å². The van der Waals surface area contributed by atoms with Crippen LogP contribution in [0, 0.1) is 5.82 Å². The van der Waals surface area contributed by atoms with Gasteiger partial charge in [-0.15, -0.1) is 0 Å².